The zero-order valence-corrected chi connectivity index (χ0v) is 18.6. The Morgan fingerprint density at radius 3 is 2.50 bits per heavy atom. The minimum Gasteiger partial charge on any atom is -0.373 e. The first-order chi connectivity index (χ1) is 15.4. The predicted molar refractivity (Wildman–Crippen MR) is 116 cm³/mol. The van der Waals surface area contributed by atoms with Crippen molar-refractivity contribution in [2.45, 2.75) is 45.8 Å². The summed E-state index contributed by atoms with van der Waals surface area (Å²) in [5.41, 5.74) is 1.76. The van der Waals surface area contributed by atoms with E-state index in [9.17, 15) is 8.78 Å². The van der Waals surface area contributed by atoms with Crippen LogP contribution < -0.4 is 4.90 Å². The molecule has 2 atom stereocenters. The lowest BCUT2D eigenvalue weighted by atomic mass is 10.1. The van der Waals surface area contributed by atoms with E-state index in [2.05, 4.69) is 33.8 Å². The van der Waals surface area contributed by atoms with E-state index in [1.54, 1.807) is 9.58 Å². The molecule has 0 amide bonds. The first-order valence-corrected chi connectivity index (χ1v) is 10.9. The molecule has 0 saturated carbocycles. The molecule has 7 nitrogen and oxygen atoms in total. The van der Waals surface area contributed by atoms with Crippen LogP contribution in [0.5, 0.6) is 0 Å². The van der Waals surface area contributed by atoms with Gasteiger partial charge in [0.1, 0.15) is 30.4 Å². The minimum atomic E-state index is -0.687. The Morgan fingerprint density at radius 1 is 1.06 bits per heavy atom. The number of rotatable bonds is 4. The molecule has 168 valence electrons. The number of halogens is 3. The van der Waals surface area contributed by atoms with Gasteiger partial charge in [0.25, 0.3) is 0 Å². The Balaban J connectivity index is 1.46. The maximum atomic E-state index is 14.4. The summed E-state index contributed by atoms with van der Waals surface area (Å²) in [6.07, 6.45) is 3.64. The normalized spacial score (nSPS) is 20.8. The van der Waals surface area contributed by atoms with Gasteiger partial charge in [-0.2, -0.15) is 5.10 Å². The van der Waals surface area contributed by atoms with E-state index in [1.807, 2.05) is 12.3 Å². The van der Waals surface area contributed by atoms with Crippen molar-refractivity contribution in [3.05, 3.63) is 58.5 Å². The van der Waals surface area contributed by atoms with Crippen molar-refractivity contribution in [3.63, 3.8) is 0 Å². The molecule has 2 aliphatic heterocycles. The highest BCUT2D eigenvalue weighted by molar-refractivity contribution is 6.30. The van der Waals surface area contributed by atoms with Gasteiger partial charge in [-0.05, 0) is 37.6 Å². The topological polar surface area (TPSA) is 59.3 Å². The van der Waals surface area contributed by atoms with Crippen molar-refractivity contribution in [1.82, 2.24) is 24.6 Å². The van der Waals surface area contributed by atoms with E-state index in [4.69, 9.17) is 16.3 Å². The van der Waals surface area contributed by atoms with Gasteiger partial charge in [0.2, 0.25) is 0 Å². The van der Waals surface area contributed by atoms with Gasteiger partial charge in [-0.3, -0.25) is 4.90 Å². The van der Waals surface area contributed by atoms with Crippen molar-refractivity contribution in [2.75, 3.05) is 18.0 Å². The monoisotopic (exact) mass is 460 g/mol. The molecule has 5 rings (SSSR count). The number of nitrogens with zero attached hydrogens (tertiary/aromatic N) is 6. The summed E-state index contributed by atoms with van der Waals surface area (Å²) in [5, 5.41) is 4.30. The molecule has 0 radical (unpaired) electrons. The average Bonchev–Trinajstić information content (AvgIpc) is 3.18. The van der Waals surface area contributed by atoms with Crippen LogP contribution in [0.4, 0.5) is 14.6 Å². The molecule has 10 heteroatoms. The molecule has 1 fully saturated rings. The van der Waals surface area contributed by atoms with Gasteiger partial charge >= 0.3 is 0 Å². The first kappa shape index (κ1) is 21.2. The van der Waals surface area contributed by atoms with Gasteiger partial charge in [0, 0.05) is 36.4 Å². The number of hydrogen-bond donors (Lipinski definition) is 0. The second-order valence-corrected chi connectivity index (χ2v) is 8.87. The highest BCUT2D eigenvalue weighted by Gasteiger charge is 2.28. The third-order valence-corrected chi connectivity index (χ3v) is 5.96. The molecular formula is C22H23ClF2N6O. The fourth-order valence-electron chi connectivity index (χ4n) is 4.52. The second kappa shape index (κ2) is 8.38. The number of fused-ring (bicyclic) bond motifs is 3. The van der Waals surface area contributed by atoms with Crippen molar-refractivity contribution < 1.29 is 13.5 Å². The summed E-state index contributed by atoms with van der Waals surface area (Å²) in [6.45, 7) is 6.84. The zero-order chi connectivity index (χ0) is 22.4. The minimum absolute atomic E-state index is 0.00796. The Labute approximate surface area is 189 Å². The van der Waals surface area contributed by atoms with E-state index in [0.717, 1.165) is 42.9 Å². The molecule has 2 aromatic heterocycles. The molecule has 0 N–H and O–H groups in total. The van der Waals surface area contributed by atoms with Gasteiger partial charge in [-0.15, -0.1) is 0 Å². The molecule has 1 aromatic carbocycles. The van der Waals surface area contributed by atoms with E-state index in [1.165, 1.54) is 6.33 Å². The molecule has 1 saturated heterocycles. The lowest BCUT2D eigenvalue weighted by Gasteiger charge is -2.35. The number of anilines is 1. The van der Waals surface area contributed by atoms with Gasteiger partial charge in [-0.1, -0.05) is 11.6 Å². The number of pyridine rings is 1. The van der Waals surface area contributed by atoms with E-state index in [-0.39, 0.29) is 36.0 Å². The van der Waals surface area contributed by atoms with Gasteiger partial charge in [0.15, 0.2) is 5.82 Å². The van der Waals surface area contributed by atoms with Crippen LogP contribution in [0.3, 0.4) is 0 Å². The first-order valence-electron chi connectivity index (χ1n) is 10.5. The molecule has 2 aliphatic rings. The van der Waals surface area contributed by atoms with Crippen LogP contribution in [0.2, 0.25) is 5.02 Å². The highest BCUT2D eigenvalue weighted by atomic mass is 35.5. The lowest BCUT2D eigenvalue weighted by molar-refractivity contribution is -0.0705. The van der Waals surface area contributed by atoms with Gasteiger partial charge < -0.3 is 9.64 Å². The van der Waals surface area contributed by atoms with Crippen LogP contribution in [0.25, 0.3) is 11.4 Å². The fraction of sp³-hybridized carbons (Fsp3) is 0.409. The van der Waals surface area contributed by atoms with Crippen LogP contribution in [0.15, 0.2) is 30.7 Å². The summed E-state index contributed by atoms with van der Waals surface area (Å²) in [7, 11) is 0. The summed E-state index contributed by atoms with van der Waals surface area (Å²) in [6, 6.07) is 4.27. The number of benzene rings is 1. The van der Waals surface area contributed by atoms with Crippen LogP contribution in [0.1, 0.15) is 25.0 Å². The van der Waals surface area contributed by atoms with Gasteiger partial charge in [-0.25, -0.2) is 23.4 Å². The lowest BCUT2D eigenvalue weighted by Crippen LogP contribution is -2.44. The van der Waals surface area contributed by atoms with Crippen molar-refractivity contribution in [3.8, 4) is 11.4 Å². The predicted octanol–water partition coefficient (Wildman–Crippen LogP) is 3.86. The maximum Gasteiger partial charge on any atom is 0.163 e. The molecule has 3 aromatic rings. The zero-order valence-electron chi connectivity index (χ0n) is 17.8. The van der Waals surface area contributed by atoms with Crippen LogP contribution in [-0.4, -0.2) is 49.9 Å². The van der Waals surface area contributed by atoms with E-state index >= 15 is 0 Å². The second-order valence-electron chi connectivity index (χ2n) is 8.44. The van der Waals surface area contributed by atoms with Gasteiger partial charge in [0.05, 0.1) is 24.3 Å². The number of aromatic nitrogens is 4. The molecule has 0 unspecified atom stereocenters. The van der Waals surface area contributed by atoms with Crippen molar-refractivity contribution in [2.24, 2.45) is 0 Å². The Bertz CT molecular complexity index is 1120. The summed E-state index contributed by atoms with van der Waals surface area (Å²) < 4.78 is 36.4. The molecule has 0 aliphatic carbocycles. The smallest absolute Gasteiger partial charge is 0.163 e. The molecule has 0 bridgehead atoms. The van der Waals surface area contributed by atoms with E-state index in [0.29, 0.717) is 11.6 Å². The molecule has 0 spiro atoms. The third kappa shape index (κ3) is 4.07. The Hall–Kier alpha value is -2.62. The molecule has 4 heterocycles. The fourth-order valence-corrected chi connectivity index (χ4v) is 4.71. The Morgan fingerprint density at radius 2 is 1.78 bits per heavy atom. The number of morpholine rings is 1. The van der Waals surface area contributed by atoms with E-state index < -0.39 is 11.6 Å². The van der Waals surface area contributed by atoms with Crippen molar-refractivity contribution >= 4 is 17.4 Å². The standard InChI is InChI=1S/C22H23ClF2N6O/c1-13-7-29(8-14(2)32-13)9-15-3-17-21(26-6-15)30(12-31-22(17)27-11-28-31)10-18-19(24)4-16(23)5-20(18)25/h3-6,11,13-14H,7-10,12H2,1-2H3/t13-,14+. The quantitative estimate of drug-likeness (QED) is 0.589. The Kier molecular flexibility index (Phi) is 5.56. The SMILES string of the molecule is C[C@@H]1CN(Cc2cnc3c(c2)-c2ncnn2CN3Cc2c(F)cc(Cl)cc2F)C[C@H](C)O1. The summed E-state index contributed by atoms with van der Waals surface area (Å²) in [5.74, 6) is -0.0701. The van der Waals surface area contributed by atoms with Crippen LogP contribution in [-0.2, 0) is 24.5 Å². The molecular weight excluding hydrogens is 438 g/mol. The van der Waals surface area contributed by atoms with Crippen molar-refractivity contribution in [1.29, 1.82) is 0 Å². The number of ether oxygens (including phenoxy) is 1. The van der Waals surface area contributed by atoms with Crippen LogP contribution >= 0.6 is 11.6 Å². The number of hydrogen-bond acceptors (Lipinski definition) is 6. The summed E-state index contributed by atoms with van der Waals surface area (Å²) >= 11 is 5.77. The van der Waals surface area contributed by atoms with Crippen LogP contribution in [0, 0.1) is 11.6 Å². The maximum absolute atomic E-state index is 14.4. The average molecular weight is 461 g/mol. The summed E-state index contributed by atoms with van der Waals surface area (Å²) in [4.78, 5) is 13.2. The highest BCUT2D eigenvalue weighted by Crippen LogP contribution is 2.35. The molecule has 32 heavy (non-hydrogen) atoms. The largest absolute Gasteiger partial charge is 0.373 e. The third-order valence-electron chi connectivity index (χ3n) is 5.74.